The van der Waals surface area contributed by atoms with Crippen LogP contribution >= 0.6 is 0 Å². The van der Waals surface area contributed by atoms with Gasteiger partial charge in [-0.25, -0.2) is 0 Å². The summed E-state index contributed by atoms with van der Waals surface area (Å²) in [5, 5.41) is 6.15. The molecule has 0 aromatic heterocycles. The minimum absolute atomic E-state index is 0.0250. The van der Waals surface area contributed by atoms with E-state index >= 15 is 0 Å². The molecule has 0 radical (unpaired) electrons. The van der Waals surface area contributed by atoms with Crippen molar-refractivity contribution >= 4 is 23.2 Å². The van der Waals surface area contributed by atoms with E-state index in [9.17, 15) is 9.59 Å². The second-order valence-electron chi connectivity index (χ2n) is 9.96. The Labute approximate surface area is 204 Å². The average Bonchev–Trinajstić information content (AvgIpc) is 3.67. The van der Waals surface area contributed by atoms with Crippen LogP contribution in [0.2, 0.25) is 0 Å². The number of hydrogen-bond donors (Lipinski definition) is 2. The normalized spacial score (nSPS) is 16.3. The summed E-state index contributed by atoms with van der Waals surface area (Å²) in [5.41, 5.74) is 3.78. The maximum Gasteiger partial charge on any atom is 0.253 e. The van der Waals surface area contributed by atoms with E-state index in [1.54, 1.807) is 0 Å². The first-order valence-electron chi connectivity index (χ1n) is 13.2. The van der Waals surface area contributed by atoms with Crippen LogP contribution in [-0.2, 0) is 11.2 Å². The first-order chi connectivity index (χ1) is 16.6. The van der Waals surface area contributed by atoms with Gasteiger partial charge in [0.25, 0.3) is 5.91 Å². The minimum Gasteiger partial charge on any atom is -0.371 e. The third-order valence-electron chi connectivity index (χ3n) is 7.02. The molecule has 0 unspecified atom stereocenters. The Morgan fingerprint density at radius 3 is 2.41 bits per heavy atom. The highest BCUT2D eigenvalue weighted by Gasteiger charge is 2.27. The Hall–Kier alpha value is -2.82. The second kappa shape index (κ2) is 12.0. The van der Waals surface area contributed by atoms with Gasteiger partial charge in [-0.05, 0) is 68.2 Å². The largest absolute Gasteiger partial charge is 0.371 e. The second-order valence-corrected chi connectivity index (χ2v) is 9.96. The summed E-state index contributed by atoms with van der Waals surface area (Å²) in [6.07, 6.45) is 10.3. The number of hydrogen-bond acceptors (Lipinski definition) is 3. The average molecular weight is 462 g/mol. The molecule has 182 valence electrons. The fourth-order valence-corrected chi connectivity index (χ4v) is 4.82. The quantitative estimate of drug-likeness (QED) is 0.407. The highest BCUT2D eigenvalue weighted by Crippen LogP contribution is 2.31. The summed E-state index contributed by atoms with van der Waals surface area (Å²) in [6.45, 7) is 4.07. The van der Waals surface area contributed by atoms with E-state index in [2.05, 4.69) is 52.8 Å². The molecule has 4 rings (SSSR count). The van der Waals surface area contributed by atoms with Crippen LogP contribution < -0.4 is 15.5 Å². The van der Waals surface area contributed by atoms with Crippen molar-refractivity contribution in [3.05, 3.63) is 59.7 Å². The molecule has 0 atom stereocenters. The number of carbonyl (C=O) groups excluding carboxylic acids is 2. The van der Waals surface area contributed by atoms with Gasteiger partial charge in [-0.15, -0.1) is 0 Å². The molecule has 1 aliphatic carbocycles. The van der Waals surface area contributed by atoms with Gasteiger partial charge in [0, 0.05) is 36.9 Å². The van der Waals surface area contributed by atoms with Gasteiger partial charge in [0.2, 0.25) is 5.91 Å². The Morgan fingerprint density at radius 2 is 1.71 bits per heavy atom. The maximum absolute atomic E-state index is 13.1. The fraction of sp³-hybridized carbons (Fsp3) is 0.517. The molecular formula is C29H39N3O2. The number of benzene rings is 2. The van der Waals surface area contributed by atoms with Crippen LogP contribution in [0.15, 0.2) is 48.5 Å². The smallest absolute Gasteiger partial charge is 0.253 e. The Morgan fingerprint density at radius 1 is 0.941 bits per heavy atom. The molecule has 0 spiro atoms. The highest BCUT2D eigenvalue weighted by molar-refractivity contribution is 6.02. The molecule has 0 bridgehead atoms. The molecule has 1 saturated heterocycles. The molecule has 5 heteroatoms. The zero-order chi connectivity index (χ0) is 23.8. The first-order valence-corrected chi connectivity index (χ1v) is 13.2. The van der Waals surface area contributed by atoms with Crippen LogP contribution in [0, 0.1) is 5.92 Å². The van der Waals surface area contributed by atoms with Gasteiger partial charge in [0.05, 0.1) is 5.56 Å². The summed E-state index contributed by atoms with van der Waals surface area (Å²) >= 11 is 0. The maximum atomic E-state index is 13.1. The summed E-state index contributed by atoms with van der Waals surface area (Å²) < 4.78 is 0. The molecular weight excluding hydrogens is 422 g/mol. The SMILES string of the molecule is CCCCCCC(=O)Nc1ccc(N2CCC(Cc3ccccc3)CC2)c(C(=O)NC2CC2)c1. The van der Waals surface area contributed by atoms with Crippen LogP contribution in [0.5, 0.6) is 0 Å². The molecule has 2 fully saturated rings. The Balaban J connectivity index is 1.40. The first kappa shape index (κ1) is 24.3. The van der Waals surface area contributed by atoms with Gasteiger partial charge >= 0.3 is 0 Å². The van der Waals surface area contributed by atoms with Gasteiger partial charge in [0.15, 0.2) is 0 Å². The standard InChI is InChI=1S/C29H39N3O2/c1-2-3-4-8-11-28(33)30-25-14-15-27(26(21-25)29(34)31-24-12-13-24)32-18-16-23(17-19-32)20-22-9-6-5-7-10-22/h5-7,9-10,14-15,21,23-24H,2-4,8,11-13,16-20H2,1H3,(H,30,33)(H,31,34). The Kier molecular flexibility index (Phi) is 8.62. The fourth-order valence-electron chi connectivity index (χ4n) is 4.82. The predicted octanol–water partition coefficient (Wildman–Crippen LogP) is 5.95. The van der Waals surface area contributed by atoms with Crippen LogP contribution in [0.25, 0.3) is 0 Å². The molecule has 1 aliphatic heterocycles. The third kappa shape index (κ3) is 7.09. The van der Waals surface area contributed by atoms with E-state index in [-0.39, 0.29) is 11.8 Å². The van der Waals surface area contributed by atoms with Crippen molar-refractivity contribution < 1.29 is 9.59 Å². The lowest BCUT2D eigenvalue weighted by molar-refractivity contribution is -0.116. The van der Waals surface area contributed by atoms with Crippen LogP contribution in [-0.4, -0.2) is 30.9 Å². The predicted molar refractivity (Wildman–Crippen MR) is 139 cm³/mol. The van der Waals surface area contributed by atoms with Gasteiger partial charge in [0.1, 0.15) is 0 Å². The van der Waals surface area contributed by atoms with Crippen molar-refractivity contribution in [1.82, 2.24) is 5.32 Å². The zero-order valence-corrected chi connectivity index (χ0v) is 20.5. The van der Waals surface area contributed by atoms with Crippen molar-refractivity contribution in [2.24, 2.45) is 5.92 Å². The minimum atomic E-state index is -0.0250. The number of nitrogens with zero attached hydrogens (tertiary/aromatic N) is 1. The molecule has 2 aromatic rings. The molecule has 1 saturated carbocycles. The lowest BCUT2D eigenvalue weighted by atomic mass is 9.89. The van der Waals surface area contributed by atoms with E-state index in [0.29, 0.717) is 29.6 Å². The van der Waals surface area contributed by atoms with Crippen LogP contribution in [0.1, 0.15) is 80.6 Å². The molecule has 5 nitrogen and oxygen atoms in total. The zero-order valence-electron chi connectivity index (χ0n) is 20.5. The number of piperidine rings is 1. The molecule has 34 heavy (non-hydrogen) atoms. The van der Waals surface area contributed by atoms with E-state index in [1.807, 2.05) is 18.2 Å². The summed E-state index contributed by atoms with van der Waals surface area (Å²) in [6, 6.07) is 16.9. The summed E-state index contributed by atoms with van der Waals surface area (Å²) in [7, 11) is 0. The van der Waals surface area contributed by atoms with Gasteiger partial charge in [-0.2, -0.15) is 0 Å². The van der Waals surface area contributed by atoms with E-state index < -0.39 is 0 Å². The van der Waals surface area contributed by atoms with E-state index in [4.69, 9.17) is 0 Å². The van der Waals surface area contributed by atoms with Crippen molar-refractivity contribution in [3.8, 4) is 0 Å². The van der Waals surface area contributed by atoms with Crippen LogP contribution in [0.3, 0.4) is 0 Å². The number of unbranched alkanes of at least 4 members (excludes halogenated alkanes) is 3. The lowest BCUT2D eigenvalue weighted by Crippen LogP contribution is -2.36. The van der Waals surface area contributed by atoms with Gasteiger partial charge in [-0.1, -0.05) is 56.5 Å². The molecule has 1 heterocycles. The lowest BCUT2D eigenvalue weighted by Gasteiger charge is -2.35. The van der Waals surface area contributed by atoms with Gasteiger partial charge in [-0.3, -0.25) is 9.59 Å². The van der Waals surface area contributed by atoms with Crippen molar-refractivity contribution in [1.29, 1.82) is 0 Å². The summed E-state index contributed by atoms with van der Waals surface area (Å²) in [5.74, 6) is 0.677. The number of anilines is 2. The number of carbonyl (C=O) groups is 2. The van der Waals surface area contributed by atoms with Gasteiger partial charge < -0.3 is 15.5 Å². The van der Waals surface area contributed by atoms with E-state index in [1.165, 1.54) is 5.56 Å². The molecule has 2 aromatic carbocycles. The van der Waals surface area contributed by atoms with Crippen molar-refractivity contribution in [2.45, 2.75) is 77.2 Å². The third-order valence-corrected chi connectivity index (χ3v) is 7.02. The number of nitrogens with one attached hydrogen (secondary N) is 2. The molecule has 2 amide bonds. The topological polar surface area (TPSA) is 61.4 Å². The van der Waals surface area contributed by atoms with Crippen LogP contribution in [0.4, 0.5) is 11.4 Å². The number of rotatable bonds is 11. The van der Waals surface area contributed by atoms with Crippen molar-refractivity contribution in [3.63, 3.8) is 0 Å². The molecule has 2 aliphatic rings. The number of amides is 2. The Bertz CT molecular complexity index is 947. The highest BCUT2D eigenvalue weighted by atomic mass is 16.2. The van der Waals surface area contributed by atoms with E-state index in [0.717, 1.165) is 76.6 Å². The summed E-state index contributed by atoms with van der Waals surface area (Å²) in [4.78, 5) is 27.8. The monoisotopic (exact) mass is 461 g/mol. The molecule has 2 N–H and O–H groups in total. The van der Waals surface area contributed by atoms with Crippen molar-refractivity contribution in [2.75, 3.05) is 23.3 Å².